The van der Waals surface area contributed by atoms with E-state index in [4.69, 9.17) is 0 Å². The van der Waals surface area contributed by atoms with Crippen molar-refractivity contribution in [1.82, 2.24) is 5.32 Å². The molecule has 1 atom stereocenters. The van der Waals surface area contributed by atoms with Crippen LogP contribution in [0, 0.1) is 5.82 Å². The Labute approximate surface area is 101 Å². The summed E-state index contributed by atoms with van der Waals surface area (Å²) in [5.41, 5.74) is -0.748. The summed E-state index contributed by atoms with van der Waals surface area (Å²) in [7, 11) is 0. The van der Waals surface area contributed by atoms with Crippen molar-refractivity contribution in [3.05, 3.63) is 35.6 Å². The average Bonchev–Trinajstić information content (AvgIpc) is 2.20. The van der Waals surface area contributed by atoms with E-state index in [0.29, 0.717) is 5.56 Å². The summed E-state index contributed by atoms with van der Waals surface area (Å²) >= 11 is 0. The van der Waals surface area contributed by atoms with Gasteiger partial charge in [0.1, 0.15) is 11.4 Å². The molecule has 1 rings (SSSR count). The van der Waals surface area contributed by atoms with Crippen molar-refractivity contribution < 1.29 is 14.3 Å². The molecule has 0 saturated heterocycles. The second-order valence-corrected chi connectivity index (χ2v) is 4.70. The average molecular weight is 239 g/mol. The summed E-state index contributed by atoms with van der Waals surface area (Å²) in [4.78, 5) is 11.3. The Morgan fingerprint density at radius 2 is 2.06 bits per heavy atom. The van der Waals surface area contributed by atoms with Crippen molar-refractivity contribution in [2.75, 3.05) is 0 Å². The number of hydrogen-bond donors (Lipinski definition) is 2. The molecule has 4 heteroatoms. The Bertz CT molecular complexity index is 406. The largest absolute Gasteiger partial charge is 0.480 e. The molecule has 2 N–H and O–H groups in total. The number of aliphatic carboxylic acids is 1. The number of carboxylic acids is 1. The fourth-order valence-electron chi connectivity index (χ4n) is 1.85. The number of halogens is 1. The van der Waals surface area contributed by atoms with Crippen LogP contribution >= 0.6 is 0 Å². The molecule has 0 fully saturated rings. The maximum absolute atomic E-state index is 13.5. The van der Waals surface area contributed by atoms with Crippen molar-refractivity contribution >= 4 is 5.97 Å². The van der Waals surface area contributed by atoms with Gasteiger partial charge >= 0.3 is 5.97 Å². The van der Waals surface area contributed by atoms with Gasteiger partial charge in [-0.05, 0) is 32.4 Å². The van der Waals surface area contributed by atoms with Gasteiger partial charge < -0.3 is 5.11 Å². The van der Waals surface area contributed by atoms with E-state index >= 15 is 0 Å². The molecule has 0 bridgehead atoms. The molecule has 1 aromatic rings. The van der Waals surface area contributed by atoms with E-state index in [9.17, 15) is 14.3 Å². The van der Waals surface area contributed by atoms with Crippen LogP contribution in [0.3, 0.4) is 0 Å². The number of carbonyl (C=O) groups is 1. The Balaban J connectivity index is 2.95. The van der Waals surface area contributed by atoms with Crippen molar-refractivity contribution in [1.29, 1.82) is 0 Å². The number of benzene rings is 1. The van der Waals surface area contributed by atoms with Gasteiger partial charge in [0, 0.05) is 12.5 Å². The van der Waals surface area contributed by atoms with E-state index in [1.807, 2.05) is 13.8 Å². The van der Waals surface area contributed by atoms with Gasteiger partial charge in [0.2, 0.25) is 0 Å². The zero-order chi connectivity index (χ0) is 13.1. The Kier molecular flexibility index (Phi) is 4.23. The highest BCUT2D eigenvalue weighted by atomic mass is 19.1. The van der Waals surface area contributed by atoms with Gasteiger partial charge in [0.15, 0.2) is 0 Å². The lowest BCUT2D eigenvalue weighted by atomic mass is 9.92. The minimum Gasteiger partial charge on any atom is -0.480 e. The van der Waals surface area contributed by atoms with Crippen LogP contribution in [0.5, 0.6) is 0 Å². The van der Waals surface area contributed by atoms with Gasteiger partial charge in [-0.25, -0.2) is 4.39 Å². The van der Waals surface area contributed by atoms with Crippen LogP contribution in [0.2, 0.25) is 0 Å². The lowest BCUT2D eigenvalue weighted by Crippen LogP contribution is -2.54. The minimum absolute atomic E-state index is 0.0165. The van der Waals surface area contributed by atoms with E-state index in [-0.39, 0.29) is 18.3 Å². The van der Waals surface area contributed by atoms with Gasteiger partial charge in [-0.15, -0.1) is 0 Å². The zero-order valence-electron chi connectivity index (χ0n) is 10.3. The van der Waals surface area contributed by atoms with E-state index in [2.05, 4.69) is 5.32 Å². The van der Waals surface area contributed by atoms with Crippen LogP contribution in [-0.4, -0.2) is 22.7 Å². The molecule has 0 aliphatic rings. The van der Waals surface area contributed by atoms with E-state index in [0.717, 1.165) is 0 Å². The predicted octanol–water partition coefficient (Wildman–Crippen LogP) is 2.21. The highest BCUT2D eigenvalue weighted by Crippen LogP contribution is 2.17. The smallest absolute Gasteiger partial charge is 0.323 e. The SMILES string of the molecule is CC(C)NC(C)(Cc1ccccc1F)C(=O)O. The molecular weight excluding hydrogens is 221 g/mol. The third-order valence-corrected chi connectivity index (χ3v) is 2.58. The topological polar surface area (TPSA) is 49.3 Å². The molecule has 0 amide bonds. The molecule has 0 aromatic heterocycles. The monoisotopic (exact) mass is 239 g/mol. The van der Waals surface area contributed by atoms with Gasteiger partial charge in [0.25, 0.3) is 0 Å². The second-order valence-electron chi connectivity index (χ2n) is 4.70. The molecule has 94 valence electrons. The Morgan fingerprint density at radius 1 is 1.47 bits per heavy atom. The second kappa shape index (κ2) is 5.27. The van der Waals surface area contributed by atoms with Gasteiger partial charge in [-0.1, -0.05) is 18.2 Å². The highest BCUT2D eigenvalue weighted by molar-refractivity contribution is 5.78. The fourth-order valence-corrected chi connectivity index (χ4v) is 1.85. The normalized spacial score (nSPS) is 14.6. The first-order valence-corrected chi connectivity index (χ1v) is 5.59. The molecule has 0 aliphatic carbocycles. The standard InChI is InChI=1S/C13H18FNO2/c1-9(2)15-13(3,12(16)17)8-10-6-4-5-7-11(10)14/h4-7,9,15H,8H2,1-3H3,(H,16,17). The minimum atomic E-state index is -1.16. The molecule has 1 unspecified atom stereocenters. The number of hydrogen-bond acceptors (Lipinski definition) is 2. The van der Waals surface area contributed by atoms with Gasteiger partial charge in [-0.3, -0.25) is 10.1 Å². The molecule has 0 saturated carbocycles. The maximum atomic E-state index is 13.5. The first kappa shape index (κ1) is 13.6. The summed E-state index contributed by atoms with van der Waals surface area (Å²) in [6.07, 6.45) is 0.118. The zero-order valence-corrected chi connectivity index (χ0v) is 10.3. The number of rotatable bonds is 5. The molecule has 0 spiro atoms. The van der Waals surface area contributed by atoms with Crippen LogP contribution in [0.1, 0.15) is 26.3 Å². The van der Waals surface area contributed by atoms with Crippen molar-refractivity contribution in [3.63, 3.8) is 0 Å². The summed E-state index contributed by atoms with van der Waals surface area (Å²) in [6.45, 7) is 5.30. The van der Waals surface area contributed by atoms with Crippen LogP contribution in [0.15, 0.2) is 24.3 Å². The van der Waals surface area contributed by atoms with Gasteiger partial charge in [0.05, 0.1) is 0 Å². The Hall–Kier alpha value is -1.42. The molecule has 17 heavy (non-hydrogen) atoms. The van der Waals surface area contributed by atoms with Gasteiger partial charge in [-0.2, -0.15) is 0 Å². The Morgan fingerprint density at radius 3 is 2.53 bits per heavy atom. The van der Waals surface area contributed by atoms with Crippen LogP contribution < -0.4 is 5.32 Å². The maximum Gasteiger partial charge on any atom is 0.323 e. The van der Waals surface area contributed by atoms with Crippen molar-refractivity contribution in [3.8, 4) is 0 Å². The predicted molar refractivity (Wildman–Crippen MR) is 64.4 cm³/mol. The molecule has 3 nitrogen and oxygen atoms in total. The van der Waals surface area contributed by atoms with E-state index < -0.39 is 11.5 Å². The van der Waals surface area contributed by atoms with E-state index in [1.54, 1.807) is 25.1 Å². The highest BCUT2D eigenvalue weighted by Gasteiger charge is 2.34. The number of carboxylic acid groups (broad SMARTS) is 1. The summed E-state index contributed by atoms with van der Waals surface area (Å²) in [6, 6.07) is 6.26. The summed E-state index contributed by atoms with van der Waals surface area (Å²) in [5, 5.41) is 12.2. The molecule has 1 aromatic carbocycles. The van der Waals surface area contributed by atoms with Crippen LogP contribution in [0.4, 0.5) is 4.39 Å². The molecular formula is C13H18FNO2. The third-order valence-electron chi connectivity index (χ3n) is 2.58. The lowest BCUT2D eigenvalue weighted by molar-refractivity contribution is -0.144. The molecule has 0 radical (unpaired) electrons. The van der Waals surface area contributed by atoms with E-state index in [1.165, 1.54) is 6.07 Å². The third kappa shape index (κ3) is 3.53. The number of nitrogens with one attached hydrogen (secondary N) is 1. The van der Waals surface area contributed by atoms with Crippen LogP contribution in [0.25, 0.3) is 0 Å². The fraction of sp³-hybridized carbons (Fsp3) is 0.462. The summed E-state index contributed by atoms with van der Waals surface area (Å²) < 4.78 is 13.5. The molecule has 0 aliphatic heterocycles. The first-order chi connectivity index (χ1) is 7.85. The first-order valence-electron chi connectivity index (χ1n) is 5.59. The quantitative estimate of drug-likeness (QED) is 0.828. The van der Waals surface area contributed by atoms with Crippen molar-refractivity contribution in [2.24, 2.45) is 0 Å². The molecule has 0 heterocycles. The summed E-state index contributed by atoms with van der Waals surface area (Å²) in [5.74, 6) is -1.35. The lowest BCUT2D eigenvalue weighted by Gasteiger charge is -2.28. The van der Waals surface area contributed by atoms with Crippen molar-refractivity contribution in [2.45, 2.75) is 38.8 Å². The van der Waals surface area contributed by atoms with Crippen LogP contribution in [-0.2, 0) is 11.2 Å².